The lowest BCUT2D eigenvalue weighted by atomic mass is 10.0. The van der Waals surface area contributed by atoms with Crippen molar-refractivity contribution in [1.82, 2.24) is 4.90 Å². The van der Waals surface area contributed by atoms with Crippen molar-refractivity contribution in [2.75, 3.05) is 20.8 Å². The van der Waals surface area contributed by atoms with Gasteiger partial charge in [0.25, 0.3) is 0 Å². The van der Waals surface area contributed by atoms with E-state index in [1.807, 2.05) is 36.4 Å². The molecule has 0 fully saturated rings. The molecule has 1 unspecified atom stereocenters. The van der Waals surface area contributed by atoms with Crippen molar-refractivity contribution >= 4 is 0 Å². The molecular weight excluding hydrogens is 314 g/mol. The molecular formula is C21H27NO3. The van der Waals surface area contributed by atoms with E-state index in [1.165, 1.54) is 5.56 Å². The second-order valence-electron chi connectivity index (χ2n) is 6.34. The van der Waals surface area contributed by atoms with Gasteiger partial charge in [-0.05, 0) is 18.6 Å². The summed E-state index contributed by atoms with van der Waals surface area (Å²) in [5.74, 6) is 1.43. The molecule has 134 valence electrons. The minimum atomic E-state index is -0.971. The van der Waals surface area contributed by atoms with E-state index in [9.17, 15) is 5.11 Å². The highest BCUT2D eigenvalue weighted by molar-refractivity contribution is 5.46. The molecule has 2 aromatic rings. The summed E-state index contributed by atoms with van der Waals surface area (Å²) < 4.78 is 10.9. The van der Waals surface area contributed by atoms with Crippen LogP contribution in [0.4, 0.5) is 0 Å². The Morgan fingerprint density at radius 3 is 2.36 bits per heavy atom. The maximum Gasteiger partial charge on any atom is 0.165 e. The number of methoxy groups -OCH3 is 2. The summed E-state index contributed by atoms with van der Waals surface area (Å²) in [6.07, 6.45) is 1.58. The van der Waals surface area contributed by atoms with E-state index in [2.05, 4.69) is 23.6 Å². The normalized spacial score (nSPS) is 13.3. The van der Waals surface area contributed by atoms with Gasteiger partial charge in [-0.3, -0.25) is 4.90 Å². The van der Waals surface area contributed by atoms with E-state index in [4.69, 9.17) is 9.47 Å². The summed E-state index contributed by atoms with van der Waals surface area (Å²) in [7, 11) is 3.27. The summed E-state index contributed by atoms with van der Waals surface area (Å²) in [6, 6.07) is 16.0. The number of hydrogen-bond acceptors (Lipinski definition) is 4. The van der Waals surface area contributed by atoms with Gasteiger partial charge in [0.1, 0.15) is 0 Å². The zero-order chi connectivity index (χ0) is 18.3. The lowest BCUT2D eigenvalue weighted by molar-refractivity contribution is 0.0552. The van der Waals surface area contributed by atoms with Crippen molar-refractivity contribution in [1.29, 1.82) is 0 Å². The first kappa shape index (κ1) is 19.0. The third-order valence-corrected chi connectivity index (χ3v) is 4.11. The number of hydrogen-bond donors (Lipinski definition) is 1. The van der Waals surface area contributed by atoms with Gasteiger partial charge in [0.2, 0.25) is 0 Å². The van der Waals surface area contributed by atoms with Crippen LogP contribution in [-0.4, -0.2) is 36.4 Å². The first-order valence-corrected chi connectivity index (χ1v) is 8.31. The van der Waals surface area contributed by atoms with Gasteiger partial charge in [0.05, 0.1) is 19.8 Å². The molecule has 2 aromatic carbocycles. The third kappa shape index (κ3) is 5.34. The third-order valence-electron chi connectivity index (χ3n) is 4.11. The largest absolute Gasteiger partial charge is 0.493 e. The average molecular weight is 341 g/mol. The fourth-order valence-corrected chi connectivity index (χ4v) is 2.85. The molecule has 2 rings (SSSR count). The zero-order valence-electron chi connectivity index (χ0n) is 15.2. The Hall–Kier alpha value is -2.30. The lowest BCUT2D eigenvalue weighted by Gasteiger charge is -2.30. The van der Waals surface area contributed by atoms with Crippen molar-refractivity contribution < 1.29 is 14.6 Å². The molecule has 0 aliphatic carbocycles. The molecule has 1 N–H and O–H groups in total. The zero-order valence-corrected chi connectivity index (χ0v) is 15.2. The van der Waals surface area contributed by atoms with Gasteiger partial charge < -0.3 is 14.6 Å². The second kappa shape index (κ2) is 8.70. The Bertz CT molecular complexity index is 683. The summed E-state index contributed by atoms with van der Waals surface area (Å²) in [4.78, 5) is 2.17. The van der Waals surface area contributed by atoms with Crippen LogP contribution in [0.1, 0.15) is 18.1 Å². The topological polar surface area (TPSA) is 41.9 Å². The van der Waals surface area contributed by atoms with Gasteiger partial charge in [-0.1, -0.05) is 48.5 Å². The fraction of sp³-hybridized carbons (Fsp3) is 0.333. The first-order valence-electron chi connectivity index (χ1n) is 8.31. The second-order valence-corrected chi connectivity index (χ2v) is 6.34. The maximum absolute atomic E-state index is 10.5. The molecule has 0 spiro atoms. The molecule has 0 radical (unpaired) electrons. The highest BCUT2D eigenvalue weighted by Crippen LogP contribution is 2.32. The Labute approximate surface area is 150 Å². The number of rotatable bonds is 9. The molecule has 0 bridgehead atoms. The minimum absolute atomic E-state index is 0.464. The van der Waals surface area contributed by atoms with E-state index in [-0.39, 0.29) is 0 Å². The van der Waals surface area contributed by atoms with E-state index < -0.39 is 5.60 Å². The van der Waals surface area contributed by atoms with Gasteiger partial charge in [0, 0.05) is 25.2 Å². The van der Waals surface area contributed by atoms with Gasteiger partial charge in [-0.25, -0.2) is 0 Å². The van der Waals surface area contributed by atoms with Crippen LogP contribution in [0.15, 0.2) is 61.2 Å². The van der Waals surface area contributed by atoms with E-state index in [1.54, 1.807) is 27.2 Å². The molecule has 0 aliphatic heterocycles. The summed E-state index contributed by atoms with van der Waals surface area (Å²) in [6.45, 7) is 7.31. The van der Waals surface area contributed by atoms with Crippen molar-refractivity contribution in [2.24, 2.45) is 0 Å². The highest BCUT2D eigenvalue weighted by Gasteiger charge is 2.22. The van der Waals surface area contributed by atoms with Gasteiger partial charge >= 0.3 is 0 Å². The Morgan fingerprint density at radius 2 is 1.76 bits per heavy atom. The van der Waals surface area contributed by atoms with Crippen LogP contribution in [0.2, 0.25) is 0 Å². The maximum atomic E-state index is 10.5. The fourth-order valence-electron chi connectivity index (χ4n) is 2.85. The molecule has 4 heteroatoms. The molecule has 0 heterocycles. The highest BCUT2D eigenvalue weighted by atomic mass is 16.5. The number of aliphatic hydroxyl groups is 1. The summed E-state index contributed by atoms with van der Waals surface area (Å²) >= 11 is 0. The average Bonchev–Trinajstić information content (AvgIpc) is 2.62. The van der Waals surface area contributed by atoms with Crippen LogP contribution in [0.3, 0.4) is 0 Å². The number of para-hydroxylation sites is 1. The molecule has 0 saturated carbocycles. The van der Waals surface area contributed by atoms with Gasteiger partial charge in [-0.2, -0.15) is 0 Å². The van der Waals surface area contributed by atoms with Crippen LogP contribution in [0.5, 0.6) is 11.5 Å². The SMILES string of the molecule is C=CC(C)(O)CN(Cc1ccccc1)Cc1cccc(OC)c1OC. The van der Waals surface area contributed by atoms with Crippen molar-refractivity contribution in [2.45, 2.75) is 25.6 Å². The van der Waals surface area contributed by atoms with E-state index in [0.29, 0.717) is 25.4 Å². The monoisotopic (exact) mass is 341 g/mol. The standard InChI is InChI=1S/C21H27NO3/c1-5-21(2,23)16-22(14-17-10-7-6-8-11-17)15-18-12-9-13-19(24-3)20(18)25-4/h5-13,23H,1,14-16H2,2-4H3. The Morgan fingerprint density at radius 1 is 1.04 bits per heavy atom. The van der Waals surface area contributed by atoms with Crippen LogP contribution < -0.4 is 9.47 Å². The van der Waals surface area contributed by atoms with Gasteiger partial charge in [-0.15, -0.1) is 6.58 Å². The molecule has 0 aliphatic rings. The first-order chi connectivity index (χ1) is 12.0. The molecule has 25 heavy (non-hydrogen) atoms. The summed E-state index contributed by atoms with van der Waals surface area (Å²) in [5, 5.41) is 10.5. The lowest BCUT2D eigenvalue weighted by Crippen LogP contribution is -2.38. The molecule has 0 aromatic heterocycles. The van der Waals surface area contributed by atoms with E-state index >= 15 is 0 Å². The van der Waals surface area contributed by atoms with Gasteiger partial charge in [0.15, 0.2) is 11.5 Å². The van der Waals surface area contributed by atoms with Crippen molar-refractivity contribution in [3.8, 4) is 11.5 Å². The van der Waals surface area contributed by atoms with Crippen LogP contribution >= 0.6 is 0 Å². The molecule has 4 nitrogen and oxygen atoms in total. The minimum Gasteiger partial charge on any atom is -0.493 e. The van der Waals surface area contributed by atoms with Crippen molar-refractivity contribution in [3.63, 3.8) is 0 Å². The Balaban J connectivity index is 2.28. The van der Waals surface area contributed by atoms with Crippen LogP contribution in [-0.2, 0) is 13.1 Å². The van der Waals surface area contributed by atoms with E-state index in [0.717, 1.165) is 11.3 Å². The molecule has 1 atom stereocenters. The molecule has 0 saturated heterocycles. The predicted octanol–water partition coefficient (Wildman–Crippen LogP) is 3.64. The van der Waals surface area contributed by atoms with Crippen molar-refractivity contribution in [3.05, 3.63) is 72.3 Å². The number of ether oxygens (including phenoxy) is 2. The van der Waals surface area contributed by atoms with Crippen LogP contribution in [0.25, 0.3) is 0 Å². The Kier molecular flexibility index (Phi) is 6.62. The number of nitrogens with zero attached hydrogens (tertiary/aromatic N) is 1. The number of benzene rings is 2. The van der Waals surface area contributed by atoms with Crippen LogP contribution in [0, 0.1) is 0 Å². The predicted molar refractivity (Wildman–Crippen MR) is 101 cm³/mol. The summed E-state index contributed by atoms with van der Waals surface area (Å²) in [5.41, 5.74) is 1.22. The quantitative estimate of drug-likeness (QED) is 0.707. The molecule has 0 amide bonds. The smallest absolute Gasteiger partial charge is 0.165 e.